The topological polar surface area (TPSA) is 30.5 Å². The van der Waals surface area contributed by atoms with Crippen LogP contribution in [0.2, 0.25) is 0 Å². The minimum Gasteiger partial charge on any atom is -0.495 e. The summed E-state index contributed by atoms with van der Waals surface area (Å²) in [5.74, 6) is 1.67. The number of benzene rings is 1. The Kier molecular flexibility index (Phi) is 6.50. The van der Waals surface area contributed by atoms with E-state index in [-0.39, 0.29) is 0 Å². The van der Waals surface area contributed by atoms with E-state index in [0.29, 0.717) is 6.04 Å². The lowest BCUT2D eigenvalue weighted by atomic mass is 10.0. The first-order valence-electron chi connectivity index (χ1n) is 6.26. The molecule has 0 heterocycles. The molecule has 1 N–H and O–H groups in total. The van der Waals surface area contributed by atoms with Crippen LogP contribution in [0.25, 0.3) is 0 Å². The van der Waals surface area contributed by atoms with Gasteiger partial charge in [-0.2, -0.15) is 0 Å². The van der Waals surface area contributed by atoms with Crippen molar-refractivity contribution in [2.24, 2.45) is 0 Å². The molecule has 0 fully saturated rings. The Morgan fingerprint density at radius 3 is 2.56 bits per heavy atom. The molecular weight excluding hydrogens is 294 g/mol. The fourth-order valence-electron chi connectivity index (χ4n) is 1.98. The summed E-state index contributed by atoms with van der Waals surface area (Å²) in [7, 11) is 3.35. The van der Waals surface area contributed by atoms with Crippen molar-refractivity contribution in [2.75, 3.05) is 20.8 Å². The fraction of sp³-hybridized carbons (Fsp3) is 0.571. The van der Waals surface area contributed by atoms with Crippen molar-refractivity contribution in [3.8, 4) is 11.5 Å². The van der Waals surface area contributed by atoms with Crippen LogP contribution < -0.4 is 14.8 Å². The standard InChI is InChI=1S/C14H22BrNO2/c1-5-16-10(2)6-7-11-8-9-12(17-3)13(15)14(11)18-4/h8-10,16H,5-7H2,1-4H3. The summed E-state index contributed by atoms with van der Waals surface area (Å²) < 4.78 is 11.6. The summed E-state index contributed by atoms with van der Waals surface area (Å²) in [6, 6.07) is 4.56. The zero-order valence-corrected chi connectivity index (χ0v) is 13.1. The highest BCUT2D eigenvalue weighted by Crippen LogP contribution is 2.37. The minimum atomic E-state index is 0.514. The lowest BCUT2D eigenvalue weighted by molar-refractivity contribution is 0.385. The summed E-state index contributed by atoms with van der Waals surface area (Å²) in [5.41, 5.74) is 1.20. The number of rotatable bonds is 7. The van der Waals surface area contributed by atoms with Crippen LogP contribution >= 0.6 is 15.9 Å². The lowest BCUT2D eigenvalue weighted by Crippen LogP contribution is -2.25. The molecule has 0 bridgehead atoms. The highest BCUT2D eigenvalue weighted by molar-refractivity contribution is 9.10. The van der Waals surface area contributed by atoms with Gasteiger partial charge in [-0.3, -0.25) is 0 Å². The van der Waals surface area contributed by atoms with Crippen molar-refractivity contribution < 1.29 is 9.47 Å². The third-order valence-electron chi connectivity index (χ3n) is 2.97. The van der Waals surface area contributed by atoms with Gasteiger partial charge >= 0.3 is 0 Å². The van der Waals surface area contributed by atoms with Crippen LogP contribution in [0.3, 0.4) is 0 Å². The first kappa shape index (κ1) is 15.3. The van der Waals surface area contributed by atoms with Crippen molar-refractivity contribution in [1.29, 1.82) is 0 Å². The monoisotopic (exact) mass is 315 g/mol. The fourth-order valence-corrected chi connectivity index (χ4v) is 2.69. The number of hydrogen-bond acceptors (Lipinski definition) is 3. The molecule has 18 heavy (non-hydrogen) atoms. The van der Waals surface area contributed by atoms with Gasteiger partial charge in [-0.25, -0.2) is 0 Å². The maximum absolute atomic E-state index is 5.46. The lowest BCUT2D eigenvalue weighted by Gasteiger charge is -2.16. The zero-order valence-electron chi connectivity index (χ0n) is 11.5. The second-order valence-electron chi connectivity index (χ2n) is 4.27. The molecule has 0 saturated heterocycles. The largest absolute Gasteiger partial charge is 0.495 e. The average molecular weight is 316 g/mol. The molecule has 1 aromatic rings. The van der Waals surface area contributed by atoms with E-state index in [9.17, 15) is 0 Å². The van der Waals surface area contributed by atoms with E-state index < -0.39 is 0 Å². The van der Waals surface area contributed by atoms with Gasteiger partial charge in [-0.15, -0.1) is 0 Å². The Morgan fingerprint density at radius 1 is 1.28 bits per heavy atom. The summed E-state index contributed by atoms with van der Waals surface area (Å²) in [6.07, 6.45) is 2.07. The summed E-state index contributed by atoms with van der Waals surface area (Å²) >= 11 is 3.52. The number of hydrogen-bond donors (Lipinski definition) is 1. The van der Waals surface area contributed by atoms with Crippen LogP contribution in [0, 0.1) is 0 Å². The Balaban J connectivity index is 2.79. The van der Waals surface area contributed by atoms with Crippen LogP contribution in [0.1, 0.15) is 25.8 Å². The Morgan fingerprint density at radius 2 is 2.00 bits per heavy atom. The number of ether oxygens (including phenoxy) is 2. The predicted molar refractivity (Wildman–Crippen MR) is 78.7 cm³/mol. The minimum absolute atomic E-state index is 0.514. The molecule has 0 amide bonds. The zero-order chi connectivity index (χ0) is 13.5. The summed E-state index contributed by atoms with van der Waals surface area (Å²) in [5, 5.41) is 3.41. The van der Waals surface area contributed by atoms with E-state index in [1.165, 1.54) is 5.56 Å². The van der Waals surface area contributed by atoms with Gasteiger partial charge in [0.05, 0.1) is 14.2 Å². The van der Waals surface area contributed by atoms with Gasteiger partial charge in [0.15, 0.2) is 0 Å². The second-order valence-corrected chi connectivity index (χ2v) is 5.06. The highest BCUT2D eigenvalue weighted by Gasteiger charge is 2.13. The van der Waals surface area contributed by atoms with Gasteiger partial charge in [-0.1, -0.05) is 13.0 Å². The van der Waals surface area contributed by atoms with Crippen molar-refractivity contribution in [2.45, 2.75) is 32.7 Å². The van der Waals surface area contributed by atoms with Crippen molar-refractivity contribution in [3.05, 3.63) is 22.2 Å². The molecule has 0 aromatic heterocycles. The first-order chi connectivity index (χ1) is 8.63. The SMILES string of the molecule is CCNC(C)CCc1ccc(OC)c(Br)c1OC. The van der Waals surface area contributed by atoms with Crippen LogP contribution in [0.4, 0.5) is 0 Å². The second kappa shape index (κ2) is 7.64. The van der Waals surface area contributed by atoms with Crippen LogP contribution in [0.15, 0.2) is 16.6 Å². The Bertz CT molecular complexity index is 382. The molecule has 4 heteroatoms. The predicted octanol–water partition coefficient (Wildman–Crippen LogP) is 3.40. The van der Waals surface area contributed by atoms with Crippen molar-refractivity contribution >= 4 is 15.9 Å². The number of nitrogens with one attached hydrogen (secondary N) is 1. The van der Waals surface area contributed by atoms with Crippen LogP contribution in [0.5, 0.6) is 11.5 Å². The third-order valence-corrected chi connectivity index (χ3v) is 3.72. The molecule has 1 atom stereocenters. The third kappa shape index (κ3) is 3.89. The van der Waals surface area contributed by atoms with Gasteiger partial charge in [0.25, 0.3) is 0 Å². The van der Waals surface area contributed by atoms with E-state index in [1.54, 1.807) is 14.2 Å². The van der Waals surface area contributed by atoms with E-state index in [1.807, 2.05) is 6.07 Å². The van der Waals surface area contributed by atoms with Crippen molar-refractivity contribution in [3.63, 3.8) is 0 Å². The molecule has 0 spiro atoms. The summed E-state index contributed by atoms with van der Waals surface area (Å²) in [6.45, 7) is 5.33. The Labute approximate surface area is 118 Å². The molecule has 0 radical (unpaired) electrons. The smallest absolute Gasteiger partial charge is 0.139 e. The van der Waals surface area contributed by atoms with E-state index in [0.717, 1.165) is 35.4 Å². The molecule has 1 rings (SSSR count). The molecule has 1 aromatic carbocycles. The Hall–Kier alpha value is -0.740. The summed E-state index contributed by atoms with van der Waals surface area (Å²) in [4.78, 5) is 0. The van der Waals surface area contributed by atoms with Gasteiger partial charge in [-0.05, 0) is 53.9 Å². The quantitative estimate of drug-likeness (QED) is 0.836. The normalized spacial score (nSPS) is 12.3. The molecule has 0 aliphatic rings. The van der Waals surface area contributed by atoms with E-state index in [4.69, 9.17) is 9.47 Å². The highest BCUT2D eigenvalue weighted by atomic mass is 79.9. The molecule has 0 aliphatic heterocycles. The van der Waals surface area contributed by atoms with Gasteiger partial charge < -0.3 is 14.8 Å². The number of halogens is 1. The maximum Gasteiger partial charge on any atom is 0.139 e. The molecule has 0 aliphatic carbocycles. The molecule has 3 nitrogen and oxygen atoms in total. The molecule has 1 unspecified atom stereocenters. The first-order valence-corrected chi connectivity index (χ1v) is 7.06. The van der Waals surface area contributed by atoms with Gasteiger partial charge in [0, 0.05) is 6.04 Å². The van der Waals surface area contributed by atoms with E-state index in [2.05, 4.69) is 41.2 Å². The van der Waals surface area contributed by atoms with E-state index >= 15 is 0 Å². The average Bonchev–Trinajstić information content (AvgIpc) is 2.36. The maximum atomic E-state index is 5.46. The van der Waals surface area contributed by atoms with Crippen LogP contribution in [-0.2, 0) is 6.42 Å². The molecule has 0 saturated carbocycles. The van der Waals surface area contributed by atoms with Gasteiger partial charge in [0.2, 0.25) is 0 Å². The molecular formula is C14H22BrNO2. The van der Waals surface area contributed by atoms with Crippen molar-refractivity contribution in [1.82, 2.24) is 5.32 Å². The van der Waals surface area contributed by atoms with Crippen LogP contribution in [-0.4, -0.2) is 26.8 Å². The molecule has 102 valence electrons. The number of methoxy groups -OCH3 is 2. The number of aryl methyl sites for hydroxylation is 1. The van der Waals surface area contributed by atoms with Gasteiger partial charge in [0.1, 0.15) is 16.0 Å².